The number of nitro groups is 1. The van der Waals surface area contributed by atoms with Gasteiger partial charge in [0.05, 0.1) is 4.92 Å². The highest BCUT2D eigenvalue weighted by Crippen LogP contribution is 2.35. The van der Waals surface area contributed by atoms with Crippen LogP contribution in [0, 0.1) is 15.9 Å². The van der Waals surface area contributed by atoms with Crippen LogP contribution in [0.3, 0.4) is 0 Å². The van der Waals surface area contributed by atoms with E-state index in [-0.39, 0.29) is 35.1 Å². The lowest BCUT2D eigenvalue weighted by Crippen LogP contribution is -2.35. The number of halogens is 1. The summed E-state index contributed by atoms with van der Waals surface area (Å²) in [5.74, 6) is -0.814. The van der Waals surface area contributed by atoms with Gasteiger partial charge in [0, 0.05) is 38.0 Å². The molecule has 29 heavy (non-hydrogen) atoms. The van der Waals surface area contributed by atoms with E-state index < -0.39 is 26.3 Å². The van der Waals surface area contributed by atoms with Crippen molar-refractivity contribution in [1.29, 1.82) is 0 Å². The summed E-state index contributed by atoms with van der Waals surface area (Å²) < 4.78 is 37.4. The minimum Gasteiger partial charge on any atom is -0.364 e. The first kappa shape index (κ1) is 20.7. The van der Waals surface area contributed by atoms with Crippen LogP contribution in [0.4, 0.5) is 15.8 Å². The normalized spacial score (nSPS) is 15.1. The van der Waals surface area contributed by atoms with Crippen LogP contribution in [0.15, 0.2) is 47.4 Å². The first-order valence-electron chi connectivity index (χ1n) is 8.96. The first-order chi connectivity index (χ1) is 13.7. The van der Waals surface area contributed by atoms with E-state index in [0.717, 1.165) is 6.26 Å². The monoisotopic (exact) mass is 421 g/mol. The van der Waals surface area contributed by atoms with Gasteiger partial charge in [0.15, 0.2) is 9.84 Å². The number of sulfone groups is 1. The number of anilines is 1. The minimum absolute atomic E-state index is 0.206. The Bertz CT molecular complexity index is 1060. The maximum Gasteiger partial charge on any atom is 0.311 e. The zero-order chi connectivity index (χ0) is 21.2. The van der Waals surface area contributed by atoms with E-state index in [0.29, 0.717) is 19.5 Å². The van der Waals surface area contributed by atoms with Crippen molar-refractivity contribution in [2.24, 2.45) is 0 Å². The quantitative estimate of drug-likeness (QED) is 0.555. The van der Waals surface area contributed by atoms with Gasteiger partial charge in [-0.25, -0.2) is 12.8 Å². The van der Waals surface area contributed by atoms with Crippen molar-refractivity contribution < 1.29 is 22.5 Å². The van der Waals surface area contributed by atoms with Crippen LogP contribution in [0.5, 0.6) is 0 Å². The summed E-state index contributed by atoms with van der Waals surface area (Å²) >= 11 is 0. The maximum atomic E-state index is 13.4. The van der Waals surface area contributed by atoms with Crippen molar-refractivity contribution in [1.82, 2.24) is 4.90 Å². The third kappa shape index (κ3) is 4.53. The van der Waals surface area contributed by atoms with Gasteiger partial charge in [-0.2, -0.15) is 0 Å². The molecule has 3 rings (SSSR count). The largest absolute Gasteiger partial charge is 0.364 e. The summed E-state index contributed by atoms with van der Waals surface area (Å²) in [4.78, 5) is 26.5. The highest BCUT2D eigenvalue weighted by molar-refractivity contribution is 7.90. The highest BCUT2D eigenvalue weighted by atomic mass is 32.2. The van der Waals surface area contributed by atoms with Crippen LogP contribution in [0.25, 0.3) is 0 Å². The lowest BCUT2D eigenvalue weighted by Gasteiger charge is -2.24. The Labute approximate surface area is 167 Å². The Hall–Kier alpha value is -3.01. The molecule has 0 spiro atoms. The lowest BCUT2D eigenvalue weighted by molar-refractivity contribution is -0.387. The zero-order valence-electron chi connectivity index (χ0n) is 15.7. The molecule has 0 saturated carbocycles. The van der Waals surface area contributed by atoms with Crippen molar-refractivity contribution in [3.8, 4) is 0 Å². The molecule has 8 nitrogen and oxygen atoms in total. The van der Waals surface area contributed by atoms with E-state index in [1.165, 1.54) is 42.5 Å². The van der Waals surface area contributed by atoms with E-state index in [2.05, 4.69) is 0 Å². The van der Waals surface area contributed by atoms with Gasteiger partial charge in [0.1, 0.15) is 16.4 Å². The number of benzene rings is 2. The SMILES string of the molecule is CS(=O)(=O)c1cccc(N2CCCN(C(=O)c3cccc(F)c3)CC2)c1[N+](=O)[O-]. The second-order valence-corrected chi connectivity index (χ2v) is 8.78. The van der Waals surface area contributed by atoms with Gasteiger partial charge in [-0.05, 0) is 36.8 Å². The van der Waals surface area contributed by atoms with Gasteiger partial charge in [-0.1, -0.05) is 12.1 Å². The number of para-hydroxylation sites is 1. The van der Waals surface area contributed by atoms with Crippen molar-refractivity contribution >= 4 is 27.1 Å². The standard InChI is InChI=1S/C19H20FN3O5S/c1-29(27,28)17-8-3-7-16(18(17)23(25)26)21-9-4-10-22(12-11-21)19(24)14-5-2-6-15(20)13-14/h2-3,5-8,13H,4,9-12H2,1H3. The maximum absolute atomic E-state index is 13.4. The molecule has 10 heteroatoms. The third-order valence-corrected chi connectivity index (χ3v) is 5.88. The number of hydrogen-bond donors (Lipinski definition) is 0. The molecule has 0 aliphatic carbocycles. The van der Waals surface area contributed by atoms with E-state index in [9.17, 15) is 27.7 Å². The highest BCUT2D eigenvalue weighted by Gasteiger charge is 2.30. The Kier molecular flexibility index (Phi) is 5.83. The average molecular weight is 421 g/mol. The van der Waals surface area contributed by atoms with Gasteiger partial charge >= 0.3 is 5.69 Å². The predicted octanol–water partition coefficient (Wildman–Crippen LogP) is 2.49. The number of amides is 1. The van der Waals surface area contributed by atoms with Crippen LogP contribution in [-0.2, 0) is 9.84 Å². The molecule has 1 heterocycles. The summed E-state index contributed by atoms with van der Waals surface area (Å²) in [7, 11) is -3.78. The second kappa shape index (κ2) is 8.16. The molecule has 0 atom stereocenters. The van der Waals surface area contributed by atoms with E-state index in [1.807, 2.05) is 0 Å². The van der Waals surface area contributed by atoms with Crippen LogP contribution in [0.1, 0.15) is 16.8 Å². The molecule has 0 radical (unpaired) electrons. The van der Waals surface area contributed by atoms with Gasteiger partial charge in [0.2, 0.25) is 0 Å². The number of rotatable bonds is 4. The third-order valence-electron chi connectivity index (χ3n) is 4.76. The summed E-state index contributed by atoms with van der Waals surface area (Å²) in [6.45, 7) is 1.39. The number of carbonyl (C=O) groups excluding carboxylic acids is 1. The topological polar surface area (TPSA) is 101 Å². The molecule has 1 aliphatic heterocycles. The summed E-state index contributed by atoms with van der Waals surface area (Å²) in [5.41, 5.74) is -0.0126. The lowest BCUT2D eigenvalue weighted by atomic mass is 10.2. The van der Waals surface area contributed by atoms with Crippen molar-refractivity contribution in [3.63, 3.8) is 0 Å². The molecule has 0 N–H and O–H groups in total. The van der Waals surface area contributed by atoms with Gasteiger partial charge in [0.25, 0.3) is 5.91 Å². The smallest absolute Gasteiger partial charge is 0.311 e. The predicted molar refractivity (Wildman–Crippen MR) is 105 cm³/mol. The molecule has 1 aliphatic rings. The fraction of sp³-hybridized carbons (Fsp3) is 0.316. The van der Waals surface area contributed by atoms with Gasteiger partial charge < -0.3 is 9.80 Å². The molecule has 1 amide bonds. The van der Waals surface area contributed by atoms with Crippen molar-refractivity contribution in [2.45, 2.75) is 11.3 Å². The Balaban J connectivity index is 1.86. The zero-order valence-corrected chi connectivity index (χ0v) is 16.6. The van der Waals surface area contributed by atoms with Crippen LogP contribution in [-0.4, -0.2) is 56.6 Å². The molecular weight excluding hydrogens is 401 g/mol. The number of hydrogen-bond acceptors (Lipinski definition) is 6. The molecule has 1 saturated heterocycles. The Morgan fingerprint density at radius 3 is 2.48 bits per heavy atom. The van der Waals surface area contributed by atoms with E-state index in [1.54, 1.807) is 9.80 Å². The molecule has 2 aromatic carbocycles. The van der Waals surface area contributed by atoms with Crippen molar-refractivity contribution in [3.05, 3.63) is 64.0 Å². The average Bonchev–Trinajstić information content (AvgIpc) is 2.92. The molecule has 154 valence electrons. The number of carbonyl (C=O) groups is 1. The van der Waals surface area contributed by atoms with Crippen LogP contribution >= 0.6 is 0 Å². The molecule has 0 aromatic heterocycles. The van der Waals surface area contributed by atoms with E-state index in [4.69, 9.17) is 0 Å². The number of nitrogens with zero attached hydrogens (tertiary/aromatic N) is 3. The van der Waals surface area contributed by atoms with E-state index >= 15 is 0 Å². The van der Waals surface area contributed by atoms with Gasteiger partial charge in [-0.15, -0.1) is 0 Å². The Morgan fingerprint density at radius 2 is 1.83 bits per heavy atom. The fourth-order valence-corrected chi connectivity index (χ4v) is 4.27. The van der Waals surface area contributed by atoms with Gasteiger partial charge in [-0.3, -0.25) is 14.9 Å². The van der Waals surface area contributed by atoms with Crippen LogP contribution < -0.4 is 4.90 Å². The molecule has 1 fully saturated rings. The summed E-state index contributed by atoms with van der Waals surface area (Å²) in [6.07, 6.45) is 1.46. The molecular formula is C19H20FN3O5S. The number of nitro benzene ring substituents is 1. The molecule has 2 aromatic rings. The fourth-order valence-electron chi connectivity index (χ4n) is 3.41. The molecule has 0 unspecified atom stereocenters. The molecule has 0 bridgehead atoms. The summed E-state index contributed by atoms with van der Waals surface area (Å²) in [6, 6.07) is 9.63. The summed E-state index contributed by atoms with van der Waals surface area (Å²) in [5, 5.41) is 11.6. The minimum atomic E-state index is -3.78. The Morgan fingerprint density at radius 1 is 1.10 bits per heavy atom. The first-order valence-corrected chi connectivity index (χ1v) is 10.8. The van der Waals surface area contributed by atoms with Crippen molar-refractivity contribution in [2.75, 3.05) is 37.3 Å². The second-order valence-electron chi connectivity index (χ2n) is 6.80. The van der Waals surface area contributed by atoms with Crippen LogP contribution in [0.2, 0.25) is 0 Å².